The Morgan fingerprint density at radius 3 is 2.30 bits per heavy atom. The molecular weight excluding hydrogens is 417 g/mol. The number of nitrogens with one attached hydrogen (secondary N) is 1. The number of aryl methyl sites for hydroxylation is 2. The van der Waals surface area contributed by atoms with Crippen molar-refractivity contribution in [2.24, 2.45) is 5.92 Å². The topological polar surface area (TPSA) is 66.5 Å². The number of benzene rings is 2. The summed E-state index contributed by atoms with van der Waals surface area (Å²) in [6.07, 6.45) is -4.29. The van der Waals surface area contributed by atoms with Crippen molar-refractivity contribution in [1.82, 2.24) is 4.31 Å². The molecule has 2 aromatic carbocycles. The van der Waals surface area contributed by atoms with E-state index in [0.717, 1.165) is 33.6 Å². The number of amides is 1. The molecule has 2 aromatic rings. The van der Waals surface area contributed by atoms with Crippen LogP contribution in [0.2, 0.25) is 0 Å². The molecule has 1 aliphatic rings. The van der Waals surface area contributed by atoms with Gasteiger partial charge >= 0.3 is 6.18 Å². The molecule has 3 rings (SSSR count). The summed E-state index contributed by atoms with van der Waals surface area (Å²) < 4.78 is 66.4. The molecule has 1 aliphatic heterocycles. The number of piperidine rings is 1. The fourth-order valence-electron chi connectivity index (χ4n) is 3.61. The predicted molar refractivity (Wildman–Crippen MR) is 107 cm³/mol. The average molecular weight is 440 g/mol. The Kier molecular flexibility index (Phi) is 6.24. The van der Waals surface area contributed by atoms with Crippen LogP contribution in [0.25, 0.3) is 0 Å². The Morgan fingerprint density at radius 2 is 1.70 bits per heavy atom. The summed E-state index contributed by atoms with van der Waals surface area (Å²) in [7, 11) is -4.31. The van der Waals surface area contributed by atoms with Gasteiger partial charge in [0, 0.05) is 24.7 Å². The molecule has 0 atom stereocenters. The molecule has 0 bridgehead atoms. The van der Waals surface area contributed by atoms with Crippen molar-refractivity contribution >= 4 is 21.6 Å². The lowest BCUT2D eigenvalue weighted by molar-refractivity contribution is -0.139. The Bertz CT molecular complexity index is 1040. The summed E-state index contributed by atoms with van der Waals surface area (Å²) in [5.74, 6) is -0.621. The van der Waals surface area contributed by atoms with Crippen LogP contribution in [0.5, 0.6) is 0 Å². The molecule has 0 unspecified atom stereocenters. The highest BCUT2D eigenvalue weighted by molar-refractivity contribution is 7.89. The second-order valence-electron chi connectivity index (χ2n) is 7.48. The smallest absolute Gasteiger partial charge is 0.326 e. The van der Waals surface area contributed by atoms with E-state index in [1.54, 1.807) is 0 Å². The zero-order valence-electron chi connectivity index (χ0n) is 16.7. The third kappa shape index (κ3) is 4.67. The predicted octanol–water partition coefficient (Wildman–Crippen LogP) is 4.36. The molecule has 5 nitrogen and oxygen atoms in total. The van der Waals surface area contributed by atoms with Gasteiger partial charge in [-0.15, -0.1) is 0 Å². The zero-order valence-corrected chi connectivity index (χ0v) is 17.5. The lowest BCUT2D eigenvalue weighted by Gasteiger charge is -2.31. The number of anilines is 1. The van der Waals surface area contributed by atoms with Crippen molar-refractivity contribution in [3.05, 3.63) is 59.2 Å². The standard InChI is InChI=1S/C21H23F3N2O3S/c1-14-7-8-18(15(2)13-14)25-20(27)16-9-11-26(12-10-16)30(28,29)19-6-4-3-5-17(19)21(22,23)24/h3-8,13,16H,9-12H2,1-2H3,(H,25,27). The maximum absolute atomic E-state index is 13.2. The van der Waals surface area contributed by atoms with Crippen molar-refractivity contribution in [3.8, 4) is 0 Å². The summed E-state index contributed by atoms with van der Waals surface area (Å²) in [6, 6.07) is 9.81. The third-order valence-corrected chi connectivity index (χ3v) is 7.23. The van der Waals surface area contributed by atoms with Crippen LogP contribution in [0.4, 0.5) is 18.9 Å². The number of nitrogens with zero attached hydrogens (tertiary/aromatic N) is 1. The van der Waals surface area contributed by atoms with Gasteiger partial charge in [-0.3, -0.25) is 4.79 Å². The highest BCUT2D eigenvalue weighted by Crippen LogP contribution is 2.36. The molecule has 0 radical (unpaired) electrons. The van der Waals surface area contributed by atoms with E-state index in [9.17, 15) is 26.4 Å². The molecule has 1 amide bonds. The van der Waals surface area contributed by atoms with Gasteiger partial charge in [0.05, 0.1) is 10.5 Å². The molecule has 1 N–H and O–H groups in total. The van der Waals surface area contributed by atoms with Crippen LogP contribution in [0.3, 0.4) is 0 Å². The van der Waals surface area contributed by atoms with Gasteiger partial charge in [-0.25, -0.2) is 8.42 Å². The van der Waals surface area contributed by atoms with Gasteiger partial charge in [-0.1, -0.05) is 29.8 Å². The van der Waals surface area contributed by atoms with Crippen LogP contribution in [-0.4, -0.2) is 31.7 Å². The fraction of sp³-hybridized carbons (Fsp3) is 0.381. The maximum atomic E-state index is 13.2. The van der Waals surface area contributed by atoms with E-state index in [4.69, 9.17) is 0 Å². The van der Waals surface area contributed by atoms with Crippen LogP contribution in [0.15, 0.2) is 47.4 Å². The first-order valence-electron chi connectivity index (χ1n) is 9.54. The van der Waals surface area contributed by atoms with Gasteiger partial charge in [0.2, 0.25) is 15.9 Å². The lowest BCUT2D eigenvalue weighted by atomic mass is 9.97. The van der Waals surface area contributed by atoms with E-state index < -0.39 is 32.6 Å². The Labute approximate surface area is 173 Å². The Morgan fingerprint density at radius 1 is 1.07 bits per heavy atom. The van der Waals surface area contributed by atoms with Crippen molar-refractivity contribution in [1.29, 1.82) is 0 Å². The molecule has 1 heterocycles. The van der Waals surface area contributed by atoms with E-state index in [2.05, 4.69) is 5.32 Å². The number of hydrogen-bond acceptors (Lipinski definition) is 3. The van der Waals surface area contributed by atoms with E-state index in [1.165, 1.54) is 6.07 Å². The normalized spacial score (nSPS) is 16.4. The molecule has 0 aliphatic carbocycles. The van der Waals surface area contributed by atoms with E-state index >= 15 is 0 Å². The molecule has 30 heavy (non-hydrogen) atoms. The number of rotatable bonds is 4. The largest absolute Gasteiger partial charge is 0.417 e. The monoisotopic (exact) mass is 440 g/mol. The number of hydrogen-bond donors (Lipinski definition) is 1. The van der Waals surface area contributed by atoms with Crippen molar-refractivity contribution in [2.45, 2.75) is 37.8 Å². The summed E-state index contributed by atoms with van der Waals surface area (Å²) in [5.41, 5.74) is 1.51. The molecule has 1 saturated heterocycles. The molecular formula is C21H23F3N2O3S. The van der Waals surface area contributed by atoms with Crippen LogP contribution in [0, 0.1) is 19.8 Å². The van der Waals surface area contributed by atoms with Crippen LogP contribution >= 0.6 is 0 Å². The highest BCUT2D eigenvalue weighted by atomic mass is 32.2. The summed E-state index contributed by atoms with van der Waals surface area (Å²) in [6.45, 7) is 3.81. The Balaban J connectivity index is 1.70. The first-order chi connectivity index (χ1) is 14.0. The molecule has 0 aromatic heterocycles. The summed E-state index contributed by atoms with van der Waals surface area (Å²) in [4.78, 5) is 11.8. The SMILES string of the molecule is Cc1ccc(NC(=O)C2CCN(S(=O)(=O)c3ccccc3C(F)(F)F)CC2)c(C)c1. The van der Waals surface area contributed by atoms with E-state index in [0.29, 0.717) is 5.69 Å². The number of alkyl halides is 3. The molecule has 9 heteroatoms. The van der Waals surface area contributed by atoms with Gasteiger partial charge in [0.1, 0.15) is 0 Å². The molecule has 162 valence electrons. The van der Waals surface area contributed by atoms with Gasteiger partial charge < -0.3 is 5.32 Å². The fourth-order valence-corrected chi connectivity index (χ4v) is 5.29. The first-order valence-corrected chi connectivity index (χ1v) is 11.0. The highest BCUT2D eigenvalue weighted by Gasteiger charge is 2.40. The quantitative estimate of drug-likeness (QED) is 0.768. The number of carbonyl (C=O) groups excluding carboxylic acids is 1. The van der Waals surface area contributed by atoms with Crippen molar-refractivity contribution in [2.75, 3.05) is 18.4 Å². The number of halogens is 3. The van der Waals surface area contributed by atoms with E-state index in [-0.39, 0.29) is 31.8 Å². The number of carbonyl (C=O) groups is 1. The molecule has 1 fully saturated rings. The van der Waals surface area contributed by atoms with Crippen LogP contribution in [0.1, 0.15) is 29.5 Å². The van der Waals surface area contributed by atoms with Crippen molar-refractivity contribution < 1.29 is 26.4 Å². The maximum Gasteiger partial charge on any atom is 0.417 e. The minimum atomic E-state index is -4.77. The first kappa shape index (κ1) is 22.3. The molecule has 0 saturated carbocycles. The second-order valence-corrected chi connectivity index (χ2v) is 9.39. The van der Waals surface area contributed by atoms with Gasteiger partial charge in [-0.2, -0.15) is 17.5 Å². The average Bonchev–Trinajstić information content (AvgIpc) is 2.69. The van der Waals surface area contributed by atoms with Gasteiger partial charge in [0.15, 0.2) is 0 Å². The third-order valence-electron chi connectivity index (χ3n) is 5.27. The zero-order chi connectivity index (χ0) is 22.1. The second kappa shape index (κ2) is 8.39. The minimum absolute atomic E-state index is 0.0144. The minimum Gasteiger partial charge on any atom is -0.326 e. The van der Waals surface area contributed by atoms with Gasteiger partial charge in [0.25, 0.3) is 0 Å². The summed E-state index contributed by atoms with van der Waals surface area (Å²) in [5, 5.41) is 2.87. The number of sulfonamides is 1. The van der Waals surface area contributed by atoms with Gasteiger partial charge in [-0.05, 0) is 50.5 Å². The van der Waals surface area contributed by atoms with Crippen LogP contribution in [-0.2, 0) is 21.0 Å². The molecule has 0 spiro atoms. The van der Waals surface area contributed by atoms with E-state index in [1.807, 2.05) is 32.0 Å². The van der Waals surface area contributed by atoms with Crippen molar-refractivity contribution in [3.63, 3.8) is 0 Å². The van der Waals surface area contributed by atoms with Crippen LogP contribution < -0.4 is 5.32 Å². The lowest BCUT2D eigenvalue weighted by Crippen LogP contribution is -2.42. The summed E-state index contributed by atoms with van der Waals surface area (Å²) >= 11 is 0. The Hall–Kier alpha value is -2.39.